The second kappa shape index (κ2) is 9.01. The van der Waals surface area contributed by atoms with Crippen LogP contribution in [-0.4, -0.2) is 58.9 Å². The van der Waals surface area contributed by atoms with Crippen molar-refractivity contribution in [2.24, 2.45) is 0 Å². The van der Waals surface area contributed by atoms with Crippen LogP contribution in [0.3, 0.4) is 0 Å². The van der Waals surface area contributed by atoms with Gasteiger partial charge in [-0.3, -0.25) is 9.69 Å². The van der Waals surface area contributed by atoms with Crippen LogP contribution in [-0.2, 0) is 11.2 Å². The Morgan fingerprint density at radius 2 is 2.09 bits per heavy atom. The third-order valence-corrected chi connectivity index (χ3v) is 4.52. The number of hydrogen-bond acceptors (Lipinski definition) is 4. The fraction of sp³-hybridized carbons (Fsp3) is 0.611. The van der Waals surface area contributed by atoms with E-state index in [0.717, 1.165) is 19.4 Å². The van der Waals surface area contributed by atoms with Gasteiger partial charge in [-0.1, -0.05) is 37.3 Å². The maximum atomic E-state index is 11.6. The van der Waals surface area contributed by atoms with Gasteiger partial charge < -0.3 is 15.5 Å². The third kappa shape index (κ3) is 5.30. The number of aliphatic hydroxyl groups is 2. The topological polar surface area (TPSA) is 72.8 Å². The Balaban J connectivity index is 1.88. The lowest BCUT2D eigenvalue weighted by Crippen LogP contribution is -2.59. The van der Waals surface area contributed by atoms with Crippen LogP contribution in [0, 0.1) is 0 Å². The van der Waals surface area contributed by atoms with E-state index < -0.39 is 6.10 Å². The molecule has 3 atom stereocenters. The van der Waals surface area contributed by atoms with E-state index in [9.17, 15) is 15.0 Å². The normalized spacial score (nSPS) is 25.3. The number of rotatable bonds is 7. The molecule has 0 radical (unpaired) electrons. The maximum Gasteiger partial charge on any atom is 0.219 e. The second-order valence-electron chi connectivity index (χ2n) is 6.26. The molecule has 0 bridgehead atoms. The van der Waals surface area contributed by atoms with Gasteiger partial charge in [0.15, 0.2) is 0 Å². The molecular formula is C18H28N2O3. The lowest BCUT2D eigenvalue weighted by Gasteiger charge is -2.42. The largest absolute Gasteiger partial charge is 0.395 e. The summed E-state index contributed by atoms with van der Waals surface area (Å²) in [6.07, 6.45) is 2.28. The zero-order chi connectivity index (χ0) is 16.7. The average molecular weight is 320 g/mol. The first kappa shape index (κ1) is 17.9. The Kier molecular flexibility index (Phi) is 7.02. The number of carbonyl (C=O) groups is 1. The Morgan fingerprint density at radius 3 is 2.74 bits per heavy atom. The summed E-state index contributed by atoms with van der Waals surface area (Å²) < 4.78 is 0. The number of benzene rings is 1. The molecule has 0 saturated carbocycles. The van der Waals surface area contributed by atoms with Gasteiger partial charge in [-0.25, -0.2) is 0 Å². The average Bonchev–Trinajstić information content (AvgIpc) is 2.55. The highest BCUT2D eigenvalue weighted by Gasteiger charge is 2.34. The van der Waals surface area contributed by atoms with Crippen molar-refractivity contribution in [2.75, 3.05) is 19.7 Å². The van der Waals surface area contributed by atoms with Crippen molar-refractivity contribution in [3.63, 3.8) is 0 Å². The molecule has 3 N–H and O–H groups in total. The van der Waals surface area contributed by atoms with E-state index in [1.165, 1.54) is 5.56 Å². The SMILES string of the molecule is CCC(=O)NC1CC(O)C(CO)N(CCCc2ccccc2)C1. The van der Waals surface area contributed by atoms with Crippen molar-refractivity contribution in [1.82, 2.24) is 10.2 Å². The molecule has 1 aromatic rings. The smallest absolute Gasteiger partial charge is 0.219 e. The van der Waals surface area contributed by atoms with E-state index in [-0.39, 0.29) is 24.6 Å². The molecule has 2 rings (SSSR count). The molecule has 1 fully saturated rings. The van der Waals surface area contributed by atoms with Crippen molar-refractivity contribution in [1.29, 1.82) is 0 Å². The van der Waals surface area contributed by atoms with E-state index in [4.69, 9.17) is 0 Å². The summed E-state index contributed by atoms with van der Waals surface area (Å²) in [6.45, 7) is 3.25. The number of nitrogens with zero attached hydrogens (tertiary/aromatic N) is 1. The molecule has 5 heteroatoms. The standard InChI is InChI=1S/C18H28N2O3/c1-2-18(23)19-15-11-17(22)16(13-21)20(12-15)10-6-9-14-7-4-3-5-8-14/h3-5,7-8,15-17,21-22H,2,6,9-13H2,1H3,(H,19,23). The predicted molar refractivity (Wildman–Crippen MR) is 90.1 cm³/mol. The van der Waals surface area contributed by atoms with Gasteiger partial charge >= 0.3 is 0 Å². The minimum absolute atomic E-state index is 0.00823. The number of carbonyl (C=O) groups excluding carboxylic acids is 1. The highest BCUT2D eigenvalue weighted by molar-refractivity contribution is 5.75. The highest BCUT2D eigenvalue weighted by atomic mass is 16.3. The van der Waals surface area contributed by atoms with Gasteiger partial charge in [-0.15, -0.1) is 0 Å². The third-order valence-electron chi connectivity index (χ3n) is 4.52. The molecule has 0 aromatic heterocycles. The van der Waals surface area contributed by atoms with Gasteiger partial charge in [0.05, 0.1) is 18.8 Å². The predicted octanol–water partition coefficient (Wildman–Crippen LogP) is 0.941. The molecular weight excluding hydrogens is 292 g/mol. The molecule has 1 aromatic carbocycles. The van der Waals surface area contributed by atoms with Crippen LogP contribution in [0.1, 0.15) is 31.7 Å². The summed E-state index contributed by atoms with van der Waals surface area (Å²) >= 11 is 0. The number of aliphatic hydroxyl groups excluding tert-OH is 2. The lowest BCUT2D eigenvalue weighted by atomic mass is 9.94. The van der Waals surface area contributed by atoms with Gasteiger partial charge in [0.1, 0.15) is 0 Å². The minimum Gasteiger partial charge on any atom is -0.395 e. The first-order chi connectivity index (χ1) is 11.1. The molecule has 5 nitrogen and oxygen atoms in total. The van der Waals surface area contributed by atoms with Gasteiger partial charge in [0.25, 0.3) is 0 Å². The lowest BCUT2D eigenvalue weighted by molar-refractivity contribution is -0.122. The summed E-state index contributed by atoms with van der Waals surface area (Å²) in [5.41, 5.74) is 1.29. The van der Waals surface area contributed by atoms with Crippen LogP contribution in [0.2, 0.25) is 0 Å². The molecule has 1 aliphatic rings. The van der Waals surface area contributed by atoms with Crippen molar-refractivity contribution in [3.05, 3.63) is 35.9 Å². The Morgan fingerprint density at radius 1 is 1.35 bits per heavy atom. The fourth-order valence-electron chi connectivity index (χ4n) is 3.24. The molecule has 3 unspecified atom stereocenters. The Hall–Kier alpha value is -1.43. The van der Waals surface area contributed by atoms with Crippen LogP contribution in [0.25, 0.3) is 0 Å². The van der Waals surface area contributed by atoms with Crippen molar-refractivity contribution in [2.45, 2.75) is 50.8 Å². The highest BCUT2D eigenvalue weighted by Crippen LogP contribution is 2.19. The van der Waals surface area contributed by atoms with Crippen LogP contribution < -0.4 is 5.32 Å². The minimum atomic E-state index is -0.604. The molecule has 0 aliphatic carbocycles. The summed E-state index contributed by atoms with van der Waals surface area (Å²) in [6, 6.07) is 10.0. The quantitative estimate of drug-likeness (QED) is 0.699. The number of hydrogen-bond donors (Lipinski definition) is 3. The van der Waals surface area contributed by atoms with E-state index in [1.807, 2.05) is 25.1 Å². The number of piperidine rings is 1. The molecule has 0 spiro atoms. The van der Waals surface area contributed by atoms with Crippen LogP contribution in [0.4, 0.5) is 0 Å². The monoisotopic (exact) mass is 320 g/mol. The van der Waals surface area contributed by atoms with Gasteiger partial charge in [-0.05, 0) is 31.4 Å². The van der Waals surface area contributed by atoms with Crippen molar-refractivity contribution >= 4 is 5.91 Å². The number of nitrogens with one attached hydrogen (secondary N) is 1. The summed E-state index contributed by atoms with van der Waals surface area (Å²) in [5, 5.41) is 22.8. The number of likely N-dealkylation sites (tertiary alicyclic amines) is 1. The Labute approximate surface area is 138 Å². The van der Waals surface area contributed by atoms with Gasteiger partial charge in [-0.2, -0.15) is 0 Å². The summed E-state index contributed by atoms with van der Waals surface area (Å²) in [7, 11) is 0. The van der Waals surface area contributed by atoms with Crippen LogP contribution in [0.5, 0.6) is 0 Å². The first-order valence-corrected chi connectivity index (χ1v) is 8.50. The fourth-order valence-corrected chi connectivity index (χ4v) is 3.24. The van der Waals surface area contributed by atoms with E-state index >= 15 is 0 Å². The van der Waals surface area contributed by atoms with Crippen LogP contribution >= 0.6 is 0 Å². The molecule has 23 heavy (non-hydrogen) atoms. The summed E-state index contributed by atoms with van der Waals surface area (Å²) in [5.74, 6) is 0.00823. The second-order valence-corrected chi connectivity index (χ2v) is 6.26. The maximum absolute atomic E-state index is 11.6. The van der Waals surface area contributed by atoms with E-state index in [1.54, 1.807) is 0 Å². The molecule has 1 saturated heterocycles. The van der Waals surface area contributed by atoms with E-state index in [2.05, 4.69) is 22.3 Å². The molecule has 1 amide bonds. The number of amides is 1. The zero-order valence-electron chi connectivity index (χ0n) is 13.8. The van der Waals surface area contributed by atoms with E-state index in [0.29, 0.717) is 19.4 Å². The van der Waals surface area contributed by atoms with Gasteiger partial charge in [0.2, 0.25) is 5.91 Å². The first-order valence-electron chi connectivity index (χ1n) is 8.50. The molecule has 1 heterocycles. The van der Waals surface area contributed by atoms with Gasteiger partial charge in [0, 0.05) is 19.0 Å². The van der Waals surface area contributed by atoms with Crippen LogP contribution in [0.15, 0.2) is 30.3 Å². The summed E-state index contributed by atoms with van der Waals surface area (Å²) in [4.78, 5) is 13.7. The number of aryl methyl sites for hydroxylation is 1. The van der Waals surface area contributed by atoms with Crippen molar-refractivity contribution < 1.29 is 15.0 Å². The molecule has 128 valence electrons. The zero-order valence-corrected chi connectivity index (χ0v) is 13.8. The molecule has 1 aliphatic heterocycles. The Bertz CT molecular complexity index is 480. The van der Waals surface area contributed by atoms with Crippen molar-refractivity contribution in [3.8, 4) is 0 Å².